The van der Waals surface area contributed by atoms with Gasteiger partial charge >= 0.3 is 0 Å². The van der Waals surface area contributed by atoms with E-state index in [1.165, 1.54) is 30.7 Å². The fourth-order valence-corrected chi connectivity index (χ4v) is 3.94. The van der Waals surface area contributed by atoms with E-state index in [2.05, 4.69) is 15.8 Å². The number of nitrogens with zero attached hydrogens (tertiary/aromatic N) is 2. The van der Waals surface area contributed by atoms with Crippen molar-refractivity contribution in [1.29, 1.82) is 0 Å². The summed E-state index contributed by atoms with van der Waals surface area (Å²) in [5, 5.41) is 11.2. The second-order valence-electron chi connectivity index (χ2n) is 6.29. The summed E-state index contributed by atoms with van der Waals surface area (Å²) < 4.78 is 0. The lowest BCUT2D eigenvalue weighted by atomic mass is 10.3. The molecule has 2 N–H and O–H groups in total. The molecule has 2 aromatic rings. The third-order valence-corrected chi connectivity index (χ3v) is 5.50. The summed E-state index contributed by atoms with van der Waals surface area (Å²) in [6, 6.07) is 14.0. The summed E-state index contributed by atoms with van der Waals surface area (Å²) in [7, 11) is 0. The van der Waals surface area contributed by atoms with Crippen LogP contribution in [0.25, 0.3) is 0 Å². The molecule has 0 radical (unpaired) electrons. The summed E-state index contributed by atoms with van der Waals surface area (Å²) in [6.07, 6.45) is 2.85. The largest absolute Gasteiger partial charge is 0.303 e. The standard InChI is InChI=1S/C19H22N4O3S/c24-19(11-14-22-12-5-6-13-22)21-20-15-7-1-3-9-17(15)27-18-10-4-2-8-16(18)23(25)26/h1-4,7-10,20H,5-6,11-14H2,(H,21,24). The summed E-state index contributed by atoms with van der Waals surface area (Å²) in [5.74, 6) is -0.0765. The Hall–Kier alpha value is -2.58. The number of anilines is 1. The second-order valence-corrected chi connectivity index (χ2v) is 7.38. The highest BCUT2D eigenvalue weighted by Gasteiger charge is 2.16. The van der Waals surface area contributed by atoms with Crippen molar-refractivity contribution >= 4 is 29.0 Å². The number of nitro groups is 1. The zero-order valence-electron chi connectivity index (χ0n) is 14.9. The van der Waals surface area contributed by atoms with Gasteiger partial charge in [-0.25, -0.2) is 0 Å². The van der Waals surface area contributed by atoms with Crippen molar-refractivity contribution in [2.45, 2.75) is 29.1 Å². The minimum atomic E-state index is -0.390. The minimum absolute atomic E-state index is 0.0620. The Morgan fingerprint density at radius 2 is 1.74 bits per heavy atom. The predicted octanol–water partition coefficient (Wildman–Crippen LogP) is 3.68. The fourth-order valence-electron chi connectivity index (χ4n) is 2.94. The highest BCUT2D eigenvalue weighted by molar-refractivity contribution is 7.99. The lowest BCUT2D eigenvalue weighted by molar-refractivity contribution is -0.387. The Balaban J connectivity index is 1.60. The molecule has 27 heavy (non-hydrogen) atoms. The van der Waals surface area contributed by atoms with Gasteiger partial charge in [-0.2, -0.15) is 0 Å². The monoisotopic (exact) mass is 386 g/mol. The Morgan fingerprint density at radius 1 is 1.07 bits per heavy atom. The SMILES string of the molecule is O=C(CCN1CCCC1)NNc1ccccc1Sc1ccccc1[N+](=O)[O-]. The number of amides is 1. The number of nitro benzene ring substituents is 1. The van der Waals surface area contributed by atoms with E-state index < -0.39 is 4.92 Å². The molecule has 0 aliphatic carbocycles. The van der Waals surface area contributed by atoms with Gasteiger partial charge in [-0.15, -0.1) is 0 Å². The van der Waals surface area contributed by atoms with Crippen LogP contribution in [0.2, 0.25) is 0 Å². The molecule has 0 aromatic heterocycles. The molecule has 1 heterocycles. The van der Waals surface area contributed by atoms with Crippen LogP contribution in [0.15, 0.2) is 58.3 Å². The number of hydrogen-bond donors (Lipinski definition) is 2. The Kier molecular flexibility index (Phi) is 6.67. The molecule has 8 heteroatoms. The average Bonchev–Trinajstić information content (AvgIpc) is 3.19. The number of para-hydroxylation sites is 2. The van der Waals surface area contributed by atoms with Gasteiger partial charge in [0.2, 0.25) is 5.91 Å². The number of hydrogen-bond acceptors (Lipinski definition) is 6. The first kappa shape index (κ1) is 19.2. The van der Waals surface area contributed by atoms with Gasteiger partial charge in [0.15, 0.2) is 0 Å². The molecule has 0 spiro atoms. The van der Waals surface area contributed by atoms with E-state index in [1.54, 1.807) is 18.2 Å². The third-order valence-electron chi connectivity index (χ3n) is 4.36. The van der Waals surface area contributed by atoms with E-state index in [1.807, 2.05) is 24.3 Å². The second kappa shape index (κ2) is 9.38. The molecular weight excluding hydrogens is 364 g/mol. The van der Waals surface area contributed by atoms with Crippen LogP contribution in [-0.4, -0.2) is 35.4 Å². The van der Waals surface area contributed by atoms with Crippen LogP contribution in [0.3, 0.4) is 0 Å². The van der Waals surface area contributed by atoms with Gasteiger partial charge in [0, 0.05) is 23.9 Å². The molecule has 1 aliphatic heterocycles. The maximum absolute atomic E-state index is 12.1. The molecule has 2 aromatic carbocycles. The van der Waals surface area contributed by atoms with E-state index in [0.29, 0.717) is 17.0 Å². The molecule has 0 saturated carbocycles. The van der Waals surface area contributed by atoms with Gasteiger partial charge in [-0.3, -0.25) is 25.8 Å². The minimum Gasteiger partial charge on any atom is -0.303 e. The highest BCUT2D eigenvalue weighted by atomic mass is 32.2. The zero-order chi connectivity index (χ0) is 19.1. The van der Waals surface area contributed by atoms with Crippen LogP contribution >= 0.6 is 11.8 Å². The summed E-state index contributed by atoms with van der Waals surface area (Å²) in [5.41, 5.74) is 6.44. The van der Waals surface area contributed by atoms with Gasteiger partial charge in [0.05, 0.1) is 15.5 Å². The summed E-state index contributed by atoms with van der Waals surface area (Å²) in [6.45, 7) is 2.90. The van der Waals surface area contributed by atoms with Crippen LogP contribution in [-0.2, 0) is 4.79 Å². The molecule has 3 rings (SSSR count). The Bertz CT molecular complexity index is 809. The molecule has 1 aliphatic rings. The molecule has 0 bridgehead atoms. The number of nitrogens with one attached hydrogen (secondary N) is 2. The smallest absolute Gasteiger partial charge is 0.283 e. The van der Waals surface area contributed by atoms with Crippen LogP contribution < -0.4 is 10.9 Å². The maximum atomic E-state index is 12.1. The first-order valence-corrected chi connectivity index (χ1v) is 9.72. The van der Waals surface area contributed by atoms with Crippen LogP contribution in [0.5, 0.6) is 0 Å². The number of hydrazine groups is 1. The molecule has 0 unspecified atom stereocenters. The first-order valence-electron chi connectivity index (χ1n) is 8.91. The summed E-state index contributed by atoms with van der Waals surface area (Å²) in [4.78, 5) is 26.5. The van der Waals surface area contributed by atoms with Crippen LogP contribution in [0.1, 0.15) is 19.3 Å². The Morgan fingerprint density at radius 3 is 2.48 bits per heavy atom. The molecule has 0 atom stereocenters. The van der Waals surface area contributed by atoms with Gasteiger partial charge in [0.1, 0.15) is 0 Å². The lowest BCUT2D eigenvalue weighted by Crippen LogP contribution is -2.33. The van der Waals surface area contributed by atoms with E-state index >= 15 is 0 Å². The average molecular weight is 386 g/mol. The van der Waals surface area contributed by atoms with E-state index in [-0.39, 0.29) is 11.6 Å². The van der Waals surface area contributed by atoms with Crippen LogP contribution in [0, 0.1) is 10.1 Å². The zero-order valence-corrected chi connectivity index (χ0v) is 15.7. The quantitative estimate of drug-likeness (QED) is 0.532. The number of carbonyl (C=O) groups excluding carboxylic acids is 1. The highest BCUT2D eigenvalue weighted by Crippen LogP contribution is 2.37. The normalized spacial score (nSPS) is 14.1. The number of carbonyl (C=O) groups is 1. The van der Waals surface area contributed by atoms with Crippen molar-refractivity contribution in [3.8, 4) is 0 Å². The molecule has 1 saturated heterocycles. The van der Waals surface area contributed by atoms with E-state index in [4.69, 9.17) is 0 Å². The van der Waals surface area contributed by atoms with Gasteiger partial charge < -0.3 is 4.90 Å². The van der Waals surface area contributed by atoms with Crippen molar-refractivity contribution in [3.05, 3.63) is 58.6 Å². The molecular formula is C19H22N4O3S. The van der Waals surface area contributed by atoms with Crippen molar-refractivity contribution in [2.24, 2.45) is 0 Å². The summed E-state index contributed by atoms with van der Waals surface area (Å²) >= 11 is 1.29. The van der Waals surface area contributed by atoms with E-state index in [0.717, 1.165) is 24.5 Å². The van der Waals surface area contributed by atoms with Crippen molar-refractivity contribution in [1.82, 2.24) is 10.3 Å². The van der Waals surface area contributed by atoms with Crippen molar-refractivity contribution in [2.75, 3.05) is 25.1 Å². The number of benzene rings is 2. The van der Waals surface area contributed by atoms with E-state index in [9.17, 15) is 14.9 Å². The van der Waals surface area contributed by atoms with Crippen LogP contribution in [0.4, 0.5) is 11.4 Å². The van der Waals surface area contributed by atoms with Gasteiger partial charge in [-0.1, -0.05) is 36.0 Å². The number of likely N-dealkylation sites (tertiary alicyclic amines) is 1. The van der Waals surface area contributed by atoms with Gasteiger partial charge in [0.25, 0.3) is 5.69 Å². The topological polar surface area (TPSA) is 87.5 Å². The molecule has 1 amide bonds. The number of rotatable bonds is 8. The molecule has 1 fully saturated rings. The fraction of sp³-hybridized carbons (Fsp3) is 0.316. The molecule has 7 nitrogen and oxygen atoms in total. The maximum Gasteiger partial charge on any atom is 0.283 e. The Labute approximate surface area is 162 Å². The molecule has 142 valence electrons. The third kappa shape index (κ3) is 5.45. The predicted molar refractivity (Wildman–Crippen MR) is 106 cm³/mol. The first-order chi connectivity index (χ1) is 13.1. The lowest BCUT2D eigenvalue weighted by Gasteiger charge is -2.15. The van der Waals surface area contributed by atoms with Gasteiger partial charge in [-0.05, 0) is 44.1 Å². The van der Waals surface area contributed by atoms with Crippen molar-refractivity contribution < 1.29 is 9.72 Å². The van der Waals surface area contributed by atoms with Crippen molar-refractivity contribution in [3.63, 3.8) is 0 Å².